The van der Waals surface area contributed by atoms with Crippen LogP contribution >= 0.6 is 15.9 Å². The van der Waals surface area contributed by atoms with Crippen LogP contribution in [0.2, 0.25) is 0 Å². The molecule has 2 N–H and O–H groups in total. The number of rotatable bonds is 5. The molecule has 1 aromatic rings. The lowest BCUT2D eigenvalue weighted by Gasteiger charge is -2.37. The smallest absolute Gasteiger partial charge is 0.329 e. The molecule has 0 spiro atoms. The molecule has 1 aromatic carbocycles. The van der Waals surface area contributed by atoms with Crippen LogP contribution in [0.3, 0.4) is 0 Å². The molecule has 2 rings (SSSR count). The van der Waals surface area contributed by atoms with Gasteiger partial charge in [-0.2, -0.15) is 0 Å². The second-order valence-corrected chi connectivity index (χ2v) is 7.13. The highest BCUT2D eigenvalue weighted by Gasteiger charge is 2.43. The number of hydrogen-bond acceptors (Lipinski definition) is 3. The first-order valence-electron chi connectivity index (χ1n) is 7.79. The van der Waals surface area contributed by atoms with Gasteiger partial charge in [0.2, 0.25) is 5.91 Å². The Morgan fingerprint density at radius 3 is 2.58 bits per heavy atom. The molecule has 0 aromatic heterocycles. The lowest BCUT2D eigenvalue weighted by atomic mass is 9.80. The molecule has 1 saturated carbocycles. The van der Waals surface area contributed by atoms with Gasteiger partial charge in [0.05, 0.1) is 12.5 Å². The Morgan fingerprint density at radius 2 is 2.04 bits per heavy atom. The molecule has 0 heterocycles. The average molecular weight is 402 g/mol. The number of nitrogens with one attached hydrogen (secondary N) is 1. The van der Waals surface area contributed by atoms with Crippen molar-refractivity contribution in [1.82, 2.24) is 5.32 Å². The molecular formula is C17H21BrFNO4. The number of aliphatic carboxylic acids is 1. The number of methoxy groups -OCH3 is 1. The van der Waals surface area contributed by atoms with Crippen LogP contribution in [0.4, 0.5) is 4.39 Å². The van der Waals surface area contributed by atoms with Gasteiger partial charge >= 0.3 is 5.97 Å². The van der Waals surface area contributed by atoms with Gasteiger partial charge in [0.1, 0.15) is 11.4 Å². The topological polar surface area (TPSA) is 75.6 Å². The number of carboxylic acid groups (broad SMARTS) is 1. The highest BCUT2D eigenvalue weighted by Crippen LogP contribution is 2.30. The molecular weight excluding hydrogens is 381 g/mol. The Morgan fingerprint density at radius 1 is 1.42 bits per heavy atom. The number of carbonyl (C=O) groups is 2. The summed E-state index contributed by atoms with van der Waals surface area (Å²) in [5.74, 6) is -1.86. The predicted molar refractivity (Wildman–Crippen MR) is 90.3 cm³/mol. The van der Waals surface area contributed by atoms with Crippen molar-refractivity contribution in [2.75, 3.05) is 7.11 Å². The Hall–Kier alpha value is -1.47. The standard InChI is InChI=1S/C17H21BrFNO4/c1-10-11(7-12(18)9-14(10)19)8-15(21)20-17(16(22)23)5-3-13(24-2)4-6-17/h7,9,13H,3-6,8H2,1-2H3,(H,20,21)(H,22,23). The fourth-order valence-corrected chi connectivity index (χ4v) is 3.56. The van der Waals surface area contributed by atoms with Gasteiger partial charge in [-0.3, -0.25) is 4.79 Å². The maximum absolute atomic E-state index is 13.8. The van der Waals surface area contributed by atoms with E-state index in [2.05, 4.69) is 21.2 Å². The molecule has 0 saturated heterocycles. The third-order valence-corrected chi connectivity index (χ3v) is 5.13. The first-order valence-corrected chi connectivity index (χ1v) is 8.58. The van der Waals surface area contributed by atoms with Crippen molar-refractivity contribution in [3.05, 3.63) is 33.5 Å². The quantitative estimate of drug-likeness (QED) is 0.794. The number of halogens is 2. The maximum atomic E-state index is 13.8. The highest BCUT2D eigenvalue weighted by molar-refractivity contribution is 9.10. The van der Waals surface area contributed by atoms with E-state index < -0.39 is 23.2 Å². The number of ether oxygens (including phenoxy) is 1. The maximum Gasteiger partial charge on any atom is 0.329 e. The first kappa shape index (κ1) is 18.9. The molecule has 1 amide bonds. The third kappa shape index (κ3) is 4.13. The van der Waals surface area contributed by atoms with Crippen molar-refractivity contribution in [2.24, 2.45) is 0 Å². The van der Waals surface area contributed by atoms with Gasteiger partial charge in [-0.1, -0.05) is 15.9 Å². The van der Waals surface area contributed by atoms with E-state index in [1.807, 2.05) is 0 Å². The van der Waals surface area contributed by atoms with E-state index in [1.54, 1.807) is 20.1 Å². The number of hydrogen-bond donors (Lipinski definition) is 2. The van der Waals surface area contributed by atoms with Gasteiger partial charge < -0.3 is 15.2 Å². The second-order valence-electron chi connectivity index (χ2n) is 6.22. The molecule has 1 aliphatic rings. The number of benzene rings is 1. The summed E-state index contributed by atoms with van der Waals surface area (Å²) in [5, 5.41) is 12.2. The summed E-state index contributed by atoms with van der Waals surface area (Å²) in [6.45, 7) is 1.60. The zero-order valence-corrected chi connectivity index (χ0v) is 15.3. The Kier molecular flexibility index (Phi) is 5.98. The summed E-state index contributed by atoms with van der Waals surface area (Å²) in [6.07, 6.45) is 1.75. The van der Waals surface area contributed by atoms with Crippen molar-refractivity contribution in [3.8, 4) is 0 Å². The van der Waals surface area contributed by atoms with Crippen molar-refractivity contribution in [2.45, 2.75) is 50.7 Å². The molecule has 0 aliphatic heterocycles. The Labute approximate surface area is 148 Å². The second kappa shape index (κ2) is 7.61. The van der Waals surface area contributed by atoms with Gasteiger partial charge in [-0.05, 0) is 55.9 Å². The van der Waals surface area contributed by atoms with Crippen LogP contribution in [0.1, 0.15) is 36.8 Å². The van der Waals surface area contributed by atoms with E-state index in [0.29, 0.717) is 41.3 Å². The van der Waals surface area contributed by atoms with Crippen LogP contribution in [0.15, 0.2) is 16.6 Å². The van der Waals surface area contributed by atoms with Gasteiger partial charge in [0.15, 0.2) is 0 Å². The number of carbonyl (C=O) groups excluding carboxylic acids is 1. The van der Waals surface area contributed by atoms with Crippen LogP contribution < -0.4 is 5.32 Å². The van der Waals surface area contributed by atoms with Crippen molar-refractivity contribution in [1.29, 1.82) is 0 Å². The highest BCUT2D eigenvalue weighted by atomic mass is 79.9. The van der Waals surface area contributed by atoms with Gasteiger partial charge in [-0.25, -0.2) is 9.18 Å². The van der Waals surface area contributed by atoms with Crippen LogP contribution in [0, 0.1) is 12.7 Å². The van der Waals surface area contributed by atoms with Crippen LogP contribution in [0.5, 0.6) is 0 Å². The largest absolute Gasteiger partial charge is 0.480 e. The van der Waals surface area contributed by atoms with E-state index in [0.717, 1.165) is 0 Å². The Balaban J connectivity index is 2.11. The summed E-state index contributed by atoms with van der Waals surface area (Å²) < 4.78 is 19.6. The van der Waals surface area contributed by atoms with Crippen LogP contribution in [0.25, 0.3) is 0 Å². The molecule has 7 heteroatoms. The van der Waals surface area contributed by atoms with E-state index in [-0.39, 0.29) is 12.5 Å². The predicted octanol–water partition coefficient (Wildman–Crippen LogP) is 2.97. The molecule has 0 radical (unpaired) electrons. The molecule has 0 unspecified atom stereocenters. The fourth-order valence-electron chi connectivity index (χ4n) is 3.08. The number of carboxylic acids is 1. The molecule has 0 atom stereocenters. The van der Waals surface area contributed by atoms with Gasteiger partial charge in [-0.15, -0.1) is 0 Å². The van der Waals surface area contributed by atoms with E-state index in [1.165, 1.54) is 6.07 Å². The minimum Gasteiger partial charge on any atom is -0.480 e. The van der Waals surface area contributed by atoms with E-state index >= 15 is 0 Å². The lowest BCUT2D eigenvalue weighted by molar-refractivity contribution is -0.150. The summed E-state index contributed by atoms with van der Waals surface area (Å²) in [6, 6.07) is 3.01. The average Bonchev–Trinajstić information content (AvgIpc) is 2.52. The van der Waals surface area contributed by atoms with Crippen LogP contribution in [-0.4, -0.2) is 35.7 Å². The summed E-state index contributed by atoms with van der Waals surface area (Å²) in [7, 11) is 1.60. The zero-order valence-electron chi connectivity index (χ0n) is 13.7. The minimum absolute atomic E-state index is 0.0239. The van der Waals surface area contributed by atoms with E-state index in [9.17, 15) is 19.1 Å². The molecule has 0 bridgehead atoms. The molecule has 5 nitrogen and oxygen atoms in total. The Bertz CT molecular complexity index is 642. The van der Waals surface area contributed by atoms with Crippen molar-refractivity contribution in [3.63, 3.8) is 0 Å². The normalized spacial score (nSPS) is 23.8. The summed E-state index contributed by atoms with van der Waals surface area (Å²) in [5.41, 5.74) is -0.351. The van der Waals surface area contributed by atoms with Crippen molar-refractivity contribution >= 4 is 27.8 Å². The van der Waals surface area contributed by atoms with E-state index in [4.69, 9.17) is 4.74 Å². The fraction of sp³-hybridized carbons (Fsp3) is 0.529. The molecule has 132 valence electrons. The molecule has 24 heavy (non-hydrogen) atoms. The van der Waals surface area contributed by atoms with Crippen molar-refractivity contribution < 1.29 is 23.8 Å². The first-order chi connectivity index (χ1) is 11.3. The third-order valence-electron chi connectivity index (χ3n) is 4.68. The lowest BCUT2D eigenvalue weighted by Crippen LogP contribution is -2.57. The molecule has 1 fully saturated rings. The van der Waals surface area contributed by atoms with Gasteiger partial charge in [0.25, 0.3) is 0 Å². The number of amides is 1. The zero-order chi connectivity index (χ0) is 17.9. The SMILES string of the molecule is COC1CCC(NC(=O)Cc2cc(Br)cc(F)c2C)(C(=O)O)CC1. The minimum atomic E-state index is -1.27. The molecule has 1 aliphatic carbocycles. The van der Waals surface area contributed by atoms with Gasteiger partial charge in [0, 0.05) is 11.6 Å². The van der Waals surface area contributed by atoms with Crippen LogP contribution in [-0.2, 0) is 20.7 Å². The summed E-state index contributed by atoms with van der Waals surface area (Å²) in [4.78, 5) is 24.1. The summed E-state index contributed by atoms with van der Waals surface area (Å²) >= 11 is 3.20. The monoisotopic (exact) mass is 401 g/mol.